The molecule has 2 aliphatic heterocycles. The molecule has 2 heterocycles. The topological polar surface area (TPSA) is 107 Å². The minimum atomic E-state index is -0.827. The van der Waals surface area contributed by atoms with Gasteiger partial charge in [0.2, 0.25) is 0 Å². The van der Waals surface area contributed by atoms with Crippen LogP contribution < -0.4 is 4.74 Å². The summed E-state index contributed by atoms with van der Waals surface area (Å²) < 4.78 is 16.4. The van der Waals surface area contributed by atoms with Crippen LogP contribution in [-0.4, -0.2) is 68.4 Å². The Balaban J connectivity index is 1.55. The molecule has 1 N–H and O–H groups in total. The van der Waals surface area contributed by atoms with E-state index in [0.717, 1.165) is 23.2 Å². The predicted molar refractivity (Wildman–Crippen MR) is 146 cm³/mol. The lowest BCUT2D eigenvalue weighted by Gasteiger charge is -2.57. The number of likely N-dealkylation sites (N-methyl/N-ethyl adjacent to an activating group) is 1. The zero-order valence-electron chi connectivity index (χ0n) is 23.4. The first-order valence-electron chi connectivity index (χ1n) is 13.5. The number of piperidine rings is 1. The quantitative estimate of drug-likeness (QED) is 0.567. The van der Waals surface area contributed by atoms with Crippen molar-refractivity contribution in [3.63, 3.8) is 0 Å². The first-order valence-corrected chi connectivity index (χ1v) is 13.5. The summed E-state index contributed by atoms with van der Waals surface area (Å²) in [4.78, 5) is 34.9. The van der Waals surface area contributed by atoms with Crippen LogP contribution in [0.3, 0.4) is 0 Å². The van der Waals surface area contributed by atoms with E-state index < -0.39 is 23.4 Å². The highest BCUT2D eigenvalue weighted by Crippen LogP contribution is 2.59. The molecule has 0 spiro atoms. The van der Waals surface area contributed by atoms with Gasteiger partial charge >= 0.3 is 5.97 Å². The van der Waals surface area contributed by atoms with Crippen molar-refractivity contribution in [2.24, 2.45) is 17.0 Å². The zero-order chi connectivity index (χ0) is 28.3. The van der Waals surface area contributed by atoms with Crippen molar-refractivity contribution in [2.45, 2.75) is 43.7 Å². The smallest absolute Gasteiger partial charge is 0.319 e. The number of Topliss-reactive ketones (excluding diaryl/α,β-unsaturated/α-hetero) is 1. The van der Waals surface area contributed by atoms with E-state index in [-0.39, 0.29) is 35.7 Å². The van der Waals surface area contributed by atoms with Gasteiger partial charge in [-0.05, 0) is 51.1 Å². The van der Waals surface area contributed by atoms with Crippen LogP contribution in [0.1, 0.15) is 46.8 Å². The van der Waals surface area contributed by atoms with E-state index in [0.29, 0.717) is 35.4 Å². The third kappa shape index (κ3) is 3.74. The van der Waals surface area contributed by atoms with E-state index in [1.54, 1.807) is 6.07 Å². The number of nitrogens with zero attached hydrogens (tertiary/aromatic N) is 2. The number of hydrogen-bond donors (Lipinski definition) is 1. The highest BCUT2D eigenvalue weighted by atomic mass is 16.6. The highest BCUT2D eigenvalue weighted by molar-refractivity contribution is 6.13. The molecule has 9 nitrogen and oxygen atoms in total. The number of esters is 1. The summed E-state index contributed by atoms with van der Waals surface area (Å²) in [5, 5.41) is 16.0. The fraction of sp³-hybridized carbons (Fsp3) is 0.452. The lowest BCUT2D eigenvalue weighted by molar-refractivity contribution is -0.146. The maximum absolute atomic E-state index is 13.3. The Morgan fingerprint density at radius 2 is 1.93 bits per heavy atom. The fourth-order valence-electron chi connectivity index (χ4n) is 7.31. The summed E-state index contributed by atoms with van der Waals surface area (Å²) in [6.07, 6.45) is 2.62. The third-order valence-electron chi connectivity index (χ3n) is 9.34. The van der Waals surface area contributed by atoms with Crippen LogP contribution in [0.4, 0.5) is 0 Å². The number of phenolic OH excluding ortho intramolecular Hbond substituents is 1. The Labute approximate surface area is 233 Å². The second-order valence-corrected chi connectivity index (χ2v) is 11.3. The van der Waals surface area contributed by atoms with E-state index in [1.165, 1.54) is 21.3 Å². The number of benzene rings is 2. The largest absolute Gasteiger partial charge is 0.504 e. The number of likely N-dealkylation sites (tertiary alicyclic amines) is 1. The van der Waals surface area contributed by atoms with Crippen molar-refractivity contribution in [1.29, 1.82) is 0 Å². The molecule has 2 aromatic carbocycles. The van der Waals surface area contributed by atoms with E-state index in [9.17, 15) is 14.7 Å². The van der Waals surface area contributed by atoms with E-state index >= 15 is 0 Å². The summed E-state index contributed by atoms with van der Waals surface area (Å²) in [5.41, 5.74) is 3.98. The van der Waals surface area contributed by atoms with Gasteiger partial charge < -0.3 is 29.1 Å². The Kier molecular flexibility index (Phi) is 6.37. The number of aromatic hydroxyl groups is 1. The van der Waals surface area contributed by atoms with E-state index in [4.69, 9.17) is 19.0 Å². The van der Waals surface area contributed by atoms with Crippen LogP contribution in [0.5, 0.6) is 11.5 Å². The van der Waals surface area contributed by atoms with Crippen molar-refractivity contribution in [3.05, 3.63) is 70.0 Å². The van der Waals surface area contributed by atoms with Gasteiger partial charge in [-0.15, -0.1) is 0 Å². The molecule has 0 aromatic heterocycles. The second kappa shape index (κ2) is 9.66. The number of fused-ring (bicyclic) bond motifs is 1. The molecule has 5 atom stereocenters. The number of carbonyl (C=O) groups is 2. The lowest BCUT2D eigenvalue weighted by Crippen LogP contribution is -2.60. The molecule has 2 aliphatic carbocycles. The number of phenols is 1. The SMILES string of the molecule is COC(=O)[C@H]1C(c2ccc(C)cc2)=NO[C@@H]1c1cc(OC)c(O)c2c1C[C@H]1[C@H]3C=C(OC)C(=O)C[C@@]23CCN1C. The van der Waals surface area contributed by atoms with Gasteiger partial charge in [-0.2, -0.15) is 0 Å². The molecule has 40 heavy (non-hydrogen) atoms. The van der Waals surface area contributed by atoms with Gasteiger partial charge in [0.1, 0.15) is 11.6 Å². The molecule has 1 fully saturated rings. The molecule has 2 bridgehead atoms. The van der Waals surface area contributed by atoms with Gasteiger partial charge in [0, 0.05) is 40.5 Å². The summed E-state index contributed by atoms with van der Waals surface area (Å²) in [5.74, 6) is -0.759. The Hall–Kier alpha value is -3.85. The predicted octanol–water partition coefficient (Wildman–Crippen LogP) is 3.59. The summed E-state index contributed by atoms with van der Waals surface area (Å²) >= 11 is 0. The van der Waals surface area contributed by atoms with Crippen LogP contribution in [0.25, 0.3) is 0 Å². The van der Waals surface area contributed by atoms with Crippen LogP contribution in [-0.2, 0) is 35.7 Å². The molecule has 2 aromatic rings. The van der Waals surface area contributed by atoms with Crippen LogP contribution >= 0.6 is 0 Å². The first-order chi connectivity index (χ1) is 19.2. The molecule has 0 radical (unpaired) electrons. The van der Waals surface area contributed by atoms with Crippen molar-refractivity contribution < 1.29 is 33.7 Å². The van der Waals surface area contributed by atoms with Crippen LogP contribution in [0.15, 0.2) is 47.3 Å². The summed E-state index contributed by atoms with van der Waals surface area (Å²) in [6.45, 7) is 2.77. The Bertz CT molecular complexity index is 1450. The average Bonchev–Trinajstić information content (AvgIpc) is 3.39. The first kappa shape index (κ1) is 26.4. The van der Waals surface area contributed by atoms with Gasteiger partial charge in [-0.25, -0.2) is 0 Å². The van der Waals surface area contributed by atoms with Gasteiger partial charge in [0.15, 0.2) is 29.1 Å². The van der Waals surface area contributed by atoms with Crippen molar-refractivity contribution in [3.8, 4) is 11.5 Å². The monoisotopic (exact) mass is 546 g/mol. The maximum Gasteiger partial charge on any atom is 0.319 e. The summed E-state index contributed by atoms with van der Waals surface area (Å²) in [7, 11) is 6.46. The highest BCUT2D eigenvalue weighted by Gasteiger charge is 2.58. The normalized spacial score (nSPS) is 29.0. The summed E-state index contributed by atoms with van der Waals surface area (Å²) in [6, 6.07) is 9.56. The Morgan fingerprint density at radius 3 is 2.60 bits per heavy atom. The number of ether oxygens (including phenoxy) is 3. The van der Waals surface area contributed by atoms with Gasteiger partial charge in [-0.3, -0.25) is 9.59 Å². The van der Waals surface area contributed by atoms with Crippen molar-refractivity contribution in [2.75, 3.05) is 34.9 Å². The number of allylic oxidation sites excluding steroid dienone is 1. The Morgan fingerprint density at radius 1 is 1.18 bits per heavy atom. The van der Waals surface area contributed by atoms with Gasteiger partial charge in [0.05, 0.1) is 21.3 Å². The number of carbonyl (C=O) groups excluding carboxylic acids is 2. The number of aryl methyl sites for hydroxylation is 1. The minimum absolute atomic E-state index is 0.0311. The third-order valence-corrected chi connectivity index (χ3v) is 9.34. The van der Waals surface area contributed by atoms with Crippen LogP contribution in [0, 0.1) is 18.8 Å². The fourth-order valence-corrected chi connectivity index (χ4v) is 7.31. The lowest BCUT2D eigenvalue weighted by atomic mass is 9.53. The standard InChI is InChI=1S/C31H34N2O7/c1-16-6-8-17(9-7-16)27-25(30(36)39-5)29(40-32-27)19-13-24(38-4)28(35)26-18(19)12-21-20-14-23(37-3)22(34)15-31(20,26)10-11-33(21)2/h6-9,13-14,20-21,25,29,35H,10-12,15H2,1-5H3/t20-,21+,25+,29-,31-/m1/s1. The molecule has 210 valence electrons. The molecular weight excluding hydrogens is 512 g/mol. The van der Waals surface area contributed by atoms with Crippen molar-refractivity contribution >= 4 is 17.5 Å². The van der Waals surface area contributed by atoms with E-state index in [2.05, 4.69) is 17.1 Å². The molecule has 1 saturated heterocycles. The maximum atomic E-state index is 13.3. The number of ketones is 1. The molecule has 9 heteroatoms. The number of rotatable bonds is 5. The second-order valence-electron chi connectivity index (χ2n) is 11.3. The molecule has 0 amide bonds. The van der Waals surface area contributed by atoms with Crippen LogP contribution in [0.2, 0.25) is 0 Å². The number of oxime groups is 1. The molecule has 0 saturated carbocycles. The van der Waals surface area contributed by atoms with Gasteiger partial charge in [-0.1, -0.05) is 35.0 Å². The minimum Gasteiger partial charge on any atom is -0.504 e. The molecule has 4 aliphatic rings. The molecule has 0 unspecified atom stereocenters. The molecular formula is C31H34N2O7. The zero-order valence-corrected chi connectivity index (χ0v) is 23.4. The van der Waals surface area contributed by atoms with E-state index in [1.807, 2.05) is 37.3 Å². The number of hydrogen-bond acceptors (Lipinski definition) is 9. The van der Waals surface area contributed by atoms with Crippen molar-refractivity contribution in [1.82, 2.24) is 4.90 Å². The molecule has 6 rings (SSSR count). The van der Waals surface area contributed by atoms with Gasteiger partial charge in [0.25, 0.3) is 0 Å². The number of methoxy groups -OCH3 is 3. The average molecular weight is 547 g/mol.